The van der Waals surface area contributed by atoms with Crippen LogP contribution in [0.15, 0.2) is 52.3 Å². The van der Waals surface area contributed by atoms with Crippen molar-refractivity contribution in [2.24, 2.45) is 7.05 Å². The highest BCUT2D eigenvalue weighted by Gasteiger charge is 2.40. The van der Waals surface area contributed by atoms with E-state index in [0.29, 0.717) is 27.6 Å². The Balaban J connectivity index is 1.69. The van der Waals surface area contributed by atoms with Gasteiger partial charge in [-0.15, -0.1) is 0 Å². The SMILES string of the molecule is Cn1cc(-c2cc(S(C)(=O)=O)ccc2OC2CCC(O[Si](C)(C)C(C)(C)C)CC2)c2cc(F)ccc2c1=O. The second-order valence-corrected chi connectivity index (χ2v) is 18.7. The molecule has 0 radical (unpaired) electrons. The Labute approximate surface area is 225 Å². The molecule has 1 aliphatic rings. The Morgan fingerprint density at radius 3 is 2.18 bits per heavy atom. The number of pyridine rings is 1. The highest BCUT2D eigenvalue weighted by atomic mass is 32.2. The number of halogens is 1. The molecule has 2 aromatic carbocycles. The molecule has 0 amide bonds. The molecule has 6 nitrogen and oxygen atoms in total. The number of aryl methyl sites for hydroxylation is 1. The topological polar surface area (TPSA) is 74.6 Å². The molecule has 38 heavy (non-hydrogen) atoms. The van der Waals surface area contributed by atoms with E-state index in [1.165, 1.54) is 28.8 Å². The molecule has 0 bridgehead atoms. The van der Waals surface area contributed by atoms with Crippen molar-refractivity contribution in [3.63, 3.8) is 0 Å². The lowest BCUT2D eigenvalue weighted by molar-refractivity contribution is 0.0728. The summed E-state index contributed by atoms with van der Waals surface area (Å²) in [5, 5.41) is 0.912. The number of hydrogen-bond acceptors (Lipinski definition) is 5. The molecule has 0 atom stereocenters. The zero-order valence-corrected chi connectivity index (χ0v) is 25.1. The molecule has 206 valence electrons. The molecule has 0 N–H and O–H groups in total. The van der Waals surface area contributed by atoms with Gasteiger partial charge in [-0.2, -0.15) is 0 Å². The number of aromatic nitrogens is 1. The van der Waals surface area contributed by atoms with Crippen LogP contribution in [-0.4, -0.2) is 39.8 Å². The van der Waals surface area contributed by atoms with Crippen LogP contribution in [0, 0.1) is 5.82 Å². The number of rotatable bonds is 6. The first kappa shape index (κ1) is 28.5. The van der Waals surface area contributed by atoms with Crippen LogP contribution in [-0.2, 0) is 21.3 Å². The quantitative estimate of drug-likeness (QED) is 0.324. The standard InChI is InChI=1S/C29H38FNO5SSi/c1-29(2,3)38(6,7)36-21-11-9-20(10-12-21)35-27-15-13-22(37(5,33)34)17-25(27)26-18-31(4)28(32)23-14-8-19(30)16-24(23)26/h8,13-18,20-21H,9-12H2,1-7H3. The summed E-state index contributed by atoms with van der Waals surface area (Å²) in [7, 11) is -3.75. The Kier molecular flexibility index (Phi) is 7.68. The normalized spacial score (nSPS) is 19.1. The van der Waals surface area contributed by atoms with E-state index in [1.807, 2.05) is 0 Å². The fourth-order valence-corrected chi connectivity index (χ4v) is 6.82. The number of sulfone groups is 1. The lowest BCUT2D eigenvalue weighted by atomic mass is 9.94. The summed E-state index contributed by atoms with van der Waals surface area (Å²) < 4.78 is 53.6. The van der Waals surface area contributed by atoms with E-state index < -0.39 is 24.0 Å². The minimum absolute atomic E-state index is 0.0624. The van der Waals surface area contributed by atoms with Crippen LogP contribution >= 0.6 is 0 Å². The number of ether oxygens (including phenoxy) is 1. The first-order valence-electron chi connectivity index (χ1n) is 13.0. The molecular weight excluding hydrogens is 521 g/mol. The summed E-state index contributed by atoms with van der Waals surface area (Å²) in [6, 6.07) is 8.78. The van der Waals surface area contributed by atoms with Crippen molar-refractivity contribution in [1.29, 1.82) is 0 Å². The van der Waals surface area contributed by atoms with Gasteiger partial charge >= 0.3 is 0 Å². The van der Waals surface area contributed by atoms with Gasteiger partial charge in [-0.1, -0.05) is 20.8 Å². The number of nitrogens with zero attached hydrogens (tertiary/aromatic N) is 1. The van der Waals surface area contributed by atoms with Crippen LogP contribution in [0.1, 0.15) is 46.5 Å². The second kappa shape index (κ2) is 10.2. The van der Waals surface area contributed by atoms with E-state index in [-0.39, 0.29) is 27.7 Å². The van der Waals surface area contributed by atoms with Gasteiger partial charge in [0.25, 0.3) is 5.56 Å². The van der Waals surface area contributed by atoms with Crippen LogP contribution in [0.2, 0.25) is 18.1 Å². The molecule has 4 rings (SSSR count). The van der Waals surface area contributed by atoms with Gasteiger partial charge in [0, 0.05) is 42.1 Å². The summed E-state index contributed by atoms with van der Waals surface area (Å²) >= 11 is 0. The van der Waals surface area contributed by atoms with Crippen molar-refractivity contribution in [2.75, 3.05) is 6.26 Å². The average Bonchev–Trinajstić information content (AvgIpc) is 2.81. The smallest absolute Gasteiger partial charge is 0.258 e. The molecule has 3 aromatic rings. The Hall–Kier alpha value is -2.49. The third kappa shape index (κ3) is 5.89. The van der Waals surface area contributed by atoms with E-state index in [2.05, 4.69) is 33.9 Å². The lowest BCUT2D eigenvalue weighted by Gasteiger charge is -2.41. The first-order valence-corrected chi connectivity index (χ1v) is 17.8. The monoisotopic (exact) mass is 559 g/mol. The summed E-state index contributed by atoms with van der Waals surface area (Å²) in [6.07, 6.45) is 6.32. The van der Waals surface area contributed by atoms with Gasteiger partial charge in [-0.3, -0.25) is 4.79 Å². The molecule has 1 fully saturated rings. The number of benzene rings is 2. The van der Waals surface area contributed by atoms with E-state index in [9.17, 15) is 17.6 Å². The minimum Gasteiger partial charge on any atom is -0.490 e. The second-order valence-electron chi connectivity index (χ2n) is 12.0. The third-order valence-electron chi connectivity index (χ3n) is 8.00. The Bertz CT molecular complexity index is 1520. The first-order chi connectivity index (χ1) is 17.6. The Morgan fingerprint density at radius 1 is 0.947 bits per heavy atom. The fraction of sp³-hybridized carbons (Fsp3) is 0.483. The number of hydrogen-bond donors (Lipinski definition) is 0. The maximum atomic E-state index is 14.3. The van der Waals surface area contributed by atoms with Crippen LogP contribution in [0.4, 0.5) is 4.39 Å². The molecular formula is C29H38FNO5SSi. The van der Waals surface area contributed by atoms with Gasteiger partial charge in [0.1, 0.15) is 11.6 Å². The molecule has 0 unspecified atom stereocenters. The molecule has 9 heteroatoms. The third-order valence-corrected chi connectivity index (χ3v) is 13.6. The maximum Gasteiger partial charge on any atom is 0.258 e. The molecule has 1 aromatic heterocycles. The van der Waals surface area contributed by atoms with Crippen molar-refractivity contribution in [3.8, 4) is 16.9 Å². The molecule has 1 aliphatic carbocycles. The molecule has 1 saturated carbocycles. The predicted molar refractivity (Wildman–Crippen MR) is 153 cm³/mol. The van der Waals surface area contributed by atoms with E-state index in [0.717, 1.165) is 31.9 Å². The van der Waals surface area contributed by atoms with E-state index in [1.54, 1.807) is 25.4 Å². The number of fused-ring (bicyclic) bond motifs is 1. The van der Waals surface area contributed by atoms with Gasteiger partial charge in [0.15, 0.2) is 18.2 Å². The van der Waals surface area contributed by atoms with Gasteiger partial charge in [0.2, 0.25) is 0 Å². The van der Waals surface area contributed by atoms with Crippen LogP contribution in [0.25, 0.3) is 21.9 Å². The predicted octanol–water partition coefficient (Wildman–Crippen LogP) is 6.46. The van der Waals surface area contributed by atoms with Crippen LogP contribution < -0.4 is 10.3 Å². The minimum atomic E-state index is -3.51. The fourth-order valence-electron chi connectivity index (χ4n) is 4.75. The van der Waals surface area contributed by atoms with Gasteiger partial charge in [-0.05, 0) is 85.6 Å². The average molecular weight is 560 g/mol. The van der Waals surface area contributed by atoms with Gasteiger partial charge in [-0.25, -0.2) is 12.8 Å². The van der Waals surface area contributed by atoms with Crippen molar-refractivity contribution >= 4 is 28.9 Å². The maximum absolute atomic E-state index is 14.3. The molecule has 0 spiro atoms. The summed E-state index contributed by atoms with van der Waals surface area (Å²) in [5.41, 5.74) is 0.793. The van der Waals surface area contributed by atoms with Crippen molar-refractivity contribution in [2.45, 2.75) is 81.7 Å². The zero-order chi connectivity index (χ0) is 28.0. The van der Waals surface area contributed by atoms with Crippen molar-refractivity contribution < 1.29 is 22.0 Å². The van der Waals surface area contributed by atoms with Crippen molar-refractivity contribution in [1.82, 2.24) is 4.57 Å². The largest absolute Gasteiger partial charge is 0.490 e. The summed E-state index contributed by atoms with van der Waals surface area (Å²) in [5.74, 6) is 0.0316. The van der Waals surface area contributed by atoms with Crippen molar-refractivity contribution in [3.05, 3.63) is 58.8 Å². The highest BCUT2D eigenvalue weighted by Crippen LogP contribution is 2.41. The zero-order valence-electron chi connectivity index (χ0n) is 23.3. The summed E-state index contributed by atoms with van der Waals surface area (Å²) in [4.78, 5) is 12.9. The van der Waals surface area contributed by atoms with Gasteiger partial charge in [0.05, 0.1) is 11.0 Å². The van der Waals surface area contributed by atoms with Crippen LogP contribution in [0.5, 0.6) is 5.75 Å². The molecule has 0 saturated heterocycles. The van der Waals surface area contributed by atoms with Crippen LogP contribution in [0.3, 0.4) is 0 Å². The lowest BCUT2D eigenvalue weighted by Crippen LogP contribution is -2.45. The molecule has 1 heterocycles. The van der Waals surface area contributed by atoms with E-state index >= 15 is 0 Å². The van der Waals surface area contributed by atoms with E-state index in [4.69, 9.17) is 9.16 Å². The molecule has 0 aliphatic heterocycles. The van der Waals surface area contributed by atoms with Gasteiger partial charge < -0.3 is 13.7 Å². The Morgan fingerprint density at radius 2 is 1.58 bits per heavy atom. The highest BCUT2D eigenvalue weighted by molar-refractivity contribution is 7.90. The summed E-state index contributed by atoms with van der Waals surface area (Å²) in [6.45, 7) is 11.3.